The van der Waals surface area contributed by atoms with Crippen molar-refractivity contribution in [1.29, 1.82) is 0 Å². The number of nitrogens with zero attached hydrogens (tertiary/aromatic N) is 2. The second-order valence-corrected chi connectivity index (χ2v) is 12.0. The number of hydrogen-bond acceptors (Lipinski definition) is 8. The van der Waals surface area contributed by atoms with Crippen LogP contribution in [0.25, 0.3) is 0 Å². The molecule has 1 aliphatic heterocycles. The van der Waals surface area contributed by atoms with Gasteiger partial charge in [-0.1, -0.05) is 30.3 Å². The van der Waals surface area contributed by atoms with Crippen molar-refractivity contribution < 1.29 is 31.2 Å². The zero-order chi connectivity index (χ0) is 24.4. The molecule has 1 saturated heterocycles. The minimum Gasteiger partial charge on any atom is -0.492 e. The molecule has 1 aliphatic rings. The van der Waals surface area contributed by atoms with Gasteiger partial charge in [0.2, 0.25) is 0 Å². The third-order valence-corrected chi connectivity index (χ3v) is 7.54. The zero-order valence-corrected chi connectivity index (χ0v) is 20.5. The Hall–Kier alpha value is -2.60. The number of ether oxygens (including phenoxy) is 1. The van der Waals surface area contributed by atoms with Gasteiger partial charge in [-0.15, -0.1) is 10.8 Å². The maximum Gasteiger partial charge on any atom is 0.306 e. The van der Waals surface area contributed by atoms with Crippen LogP contribution >= 0.6 is 10.8 Å². The van der Waals surface area contributed by atoms with E-state index in [1.807, 2.05) is 6.07 Å². The molecule has 2 N–H and O–H groups in total. The van der Waals surface area contributed by atoms with Gasteiger partial charge in [-0.25, -0.2) is 4.31 Å². The van der Waals surface area contributed by atoms with Gasteiger partial charge in [-0.2, -0.15) is 8.42 Å². The lowest BCUT2D eigenvalue weighted by atomic mass is 10.1. The Morgan fingerprint density at radius 3 is 2.15 bits per heavy atom. The first kappa shape index (κ1) is 25.0. The molecule has 1 amide bonds. The maximum atomic E-state index is 13.2. The van der Waals surface area contributed by atoms with Gasteiger partial charge in [0.25, 0.3) is 5.91 Å². The molecule has 3 rings (SSSR count). The van der Waals surface area contributed by atoms with E-state index in [1.54, 1.807) is 57.2 Å². The summed E-state index contributed by atoms with van der Waals surface area (Å²) in [7, 11) is -7.11. The Bertz CT molecular complexity index is 1130. The molecule has 0 saturated carbocycles. The lowest BCUT2D eigenvalue weighted by molar-refractivity contribution is -0.122. The summed E-state index contributed by atoms with van der Waals surface area (Å²) in [5.74, 6) is 0.118. The largest absolute Gasteiger partial charge is 0.492 e. The van der Waals surface area contributed by atoms with Gasteiger partial charge in [0.05, 0.1) is 18.3 Å². The van der Waals surface area contributed by atoms with Crippen LogP contribution in [0.3, 0.4) is 0 Å². The van der Waals surface area contributed by atoms with Crippen LogP contribution in [0.15, 0.2) is 59.6 Å². The zero-order valence-electron chi connectivity index (χ0n) is 18.8. The highest BCUT2D eigenvalue weighted by molar-refractivity contribution is 8.24. The Kier molecular flexibility index (Phi) is 7.08. The van der Waals surface area contributed by atoms with Crippen LogP contribution < -0.4 is 8.92 Å². The van der Waals surface area contributed by atoms with Gasteiger partial charge >= 0.3 is 10.1 Å². The van der Waals surface area contributed by atoms with E-state index in [-0.39, 0.29) is 24.6 Å². The van der Waals surface area contributed by atoms with Crippen molar-refractivity contribution in [3.8, 4) is 11.5 Å². The fraction of sp³-hybridized carbons (Fsp3) is 0.364. The minimum atomic E-state index is -3.61. The van der Waals surface area contributed by atoms with Crippen LogP contribution in [-0.4, -0.2) is 58.4 Å². The van der Waals surface area contributed by atoms with Crippen molar-refractivity contribution in [1.82, 2.24) is 4.31 Å². The monoisotopic (exact) mass is 496 g/mol. The topological polar surface area (TPSA) is 126 Å². The first-order valence-corrected chi connectivity index (χ1v) is 13.5. The molecular weight excluding hydrogens is 468 g/mol. The molecule has 1 heterocycles. The van der Waals surface area contributed by atoms with Crippen LogP contribution in [0, 0.1) is 0 Å². The van der Waals surface area contributed by atoms with Crippen molar-refractivity contribution in [3.05, 3.63) is 60.2 Å². The molecule has 0 radical (unpaired) electrons. The summed E-state index contributed by atoms with van der Waals surface area (Å²) >= 11 is 0. The van der Waals surface area contributed by atoms with Gasteiger partial charge in [0.1, 0.15) is 29.1 Å². The molecule has 0 aromatic heterocycles. The number of benzene rings is 2. The molecule has 11 heteroatoms. The normalized spacial score (nSPS) is 20.7. The van der Waals surface area contributed by atoms with Crippen molar-refractivity contribution in [3.63, 3.8) is 0 Å². The van der Waals surface area contributed by atoms with E-state index < -0.39 is 37.6 Å². The summed E-state index contributed by atoms with van der Waals surface area (Å²) < 4.78 is 56.0. The van der Waals surface area contributed by atoms with Crippen LogP contribution in [0.5, 0.6) is 11.5 Å². The van der Waals surface area contributed by atoms with E-state index in [0.717, 1.165) is 10.6 Å². The van der Waals surface area contributed by atoms with Crippen molar-refractivity contribution >= 4 is 32.5 Å². The predicted molar refractivity (Wildman–Crippen MR) is 128 cm³/mol. The van der Waals surface area contributed by atoms with Crippen molar-refractivity contribution in [2.45, 2.75) is 31.6 Å². The molecule has 33 heavy (non-hydrogen) atoms. The standard InChI is InChI=1S/C22H28N2O7S2/c1-22(2,3)24-21(25)19(20(33(24,28)29)16-8-6-5-7-9-16)23-14-15-30-17-10-12-18(13-11-17)31-32(4,26)27/h5-13,20,28-29H,14-15H2,1-4H3. The number of rotatable bonds is 7. The maximum absolute atomic E-state index is 13.2. The number of aliphatic imine (C=N–C) groups is 1. The van der Waals surface area contributed by atoms with Crippen LogP contribution in [0.1, 0.15) is 31.6 Å². The second-order valence-electron chi connectivity index (χ2n) is 8.50. The molecule has 1 fully saturated rings. The average Bonchev–Trinajstić information content (AvgIpc) is 2.90. The Labute approximate surface area is 195 Å². The molecule has 0 aliphatic carbocycles. The summed E-state index contributed by atoms with van der Waals surface area (Å²) in [6.45, 7) is 5.46. The summed E-state index contributed by atoms with van der Waals surface area (Å²) in [5, 5.41) is -0.960. The van der Waals surface area contributed by atoms with Crippen molar-refractivity contribution in [2.75, 3.05) is 19.4 Å². The van der Waals surface area contributed by atoms with Gasteiger partial charge in [0, 0.05) is 0 Å². The Morgan fingerprint density at radius 1 is 1.03 bits per heavy atom. The summed E-state index contributed by atoms with van der Waals surface area (Å²) in [4.78, 5) is 17.6. The van der Waals surface area contributed by atoms with E-state index in [0.29, 0.717) is 11.3 Å². The molecule has 2 aromatic carbocycles. The highest BCUT2D eigenvalue weighted by Gasteiger charge is 2.54. The number of amides is 1. The Balaban J connectivity index is 1.77. The fourth-order valence-electron chi connectivity index (χ4n) is 3.52. The highest BCUT2D eigenvalue weighted by Crippen LogP contribution is 2.64. The van der Waals surface area contributed by atoms with Crippen LogP contribution in [-0.2, 0) is 14.9 Å². The van der Waals surface area contributed by atoms with Crippen LogP contribution in [0.2, 0.25) is 0 Å². The van der Waals surface area contributed by atoms with Gasteiger partial charge in [-0.05, 0) is 50.6 Å². The minimum absolute atomic E-state index is 0.0802. The molecule has 9 nitrogen and oxygen atoms in total. The molecular formula is C22H28N2O7S2. The SMILES string of the molecule is CC(C)(C)N1C(=O)C(=NCCOc2ccc(OS(C)(=O)=O)cc2)C(c2ccccc2)S1(O)O. The molecule has 1 atom stereocenters. The van der Waals surface area contributed by atoms with E-state index in [9.17, 15) is 22.3 Å². The number of carbonyl (C=O) groups is 1. The smallest absolute Gasteiger partial charge is 0.306 e. The van der Waals surface area contributed by atoms with Gasteiger partial charge in [-0.3, -0.25) is 18.9 Å². The van der Waals surface area contributed by atoms with E-state index in [4.69, 9.17) is 8.92 Å². The lowest BCUT2D eigenvalue weighted by Gasteiger charge is -2.46. The van der Waals surface area contributed by atoms with Gasteiger partial charge in [0.15, 0.2) is 0 Å². The second kappa shape index (κ2) is 9.34. The lowest BCUT2D eigenvalue weighted by Crippen LogP contribution is -2.43. The molecule has 1 unspecified atom stereocenters. The highest BCUT2D eigenvalue weighted by atomic mass is 32.3. The summed E-state index contributed by atoms with van der Waals surface area (Å²) in [5.41, 5.74) is -0.137. The third kappa shape index (κ3) is 5.85. The van der Waals surface area contributed by atoms with E-state index >= 15 is 0 Å². The quantitative estimate of drug-likeness (QED) is 0.440. The number of hydrogen-bond donors (Lipinski definition) is 2. The molecule has 2 aromatic rings. The number of carbonyl (C=O) groups excluding carboxylic acids is 1. The third-order valence-electron chi connectivity index (χ3n) is 4.66. The molecule has 180 valence electrons. The predicted octanol–water partition coefficient (Wildman–Crippen LogP) is 3.89. The van der Waals surface area contributed by atoms with Crippen molar-refractivity contribution in [2.24, 2.45) is 4.99 Å². The summed E-state index contributed by atoms with van der Waals surface area (Å²) in [6, 6.07) is 14.9. The molecule has 0 spiro atoms. The first-order chi connectivity index (χ1) is 15.3. The van der Waals surface area contributed by atoms with E-state index in [1.165, 1.54) is 12.1 Å². The van der Waals surface area contributed by atoms with Crippen LogP contribution in [0.4, 0.5) is 0 Å². The van der Waals surface area contributed by atoms with Gasteiger partial charge < -0.3 is 8.92 Å². The summed E-state index contributed by atoms with van der Waals surface area (Å²) in [6.07, 6.45) is 0.958. The molecule has 0 bridgehead atoms. The fourth-order valence-corrected chi connectivity index (χ4v) is 6.33. The average molecular weight is 497 g/mol. The first-order valence-electron chi connectivity index (χ1n) is 10.1. The van der Waals surface area contributed by atoms with E-state index in [2.05, 4.69) is 4.99 Å². The Morgan fingerprint density at radius 2 is 1.61 bits per heavy atom.